The van der Waals surface area contributed by atoms with Crippen LogP contribution in [0, 0.1) is 6.92 Å². The van der Waals surface area contributed by atoms with E-state index in [9.17, 15) is 9.59 Å². The second-order valence-electron chi connectivity index (χ2n) is 9.44. The standard InChI is InChI=1S/C26H29ClN4O2S/c1-15-8-18(27)9-21(22(15)14-30-16(2)11-28-12-17(30)3)20-6-7-29-23-10-19(34-26(20)23)13-31-24(32)4-5-25(31)33/h6-10,16-17,28H,4-5,11-14H2,1-3H3. The van der Waals surface area contributed by atoms with Crippen LogP contribution in [-0.2, 0) is 22.7 Å². The number of hydrogen-bond donors (Lipinski definition) is 1. The van der Waals surface area contributed by atoms with Gasteiger partial charge in [-0.25, -0.2) is 0 Å². The number of benzene rings is 1. The van der Waals surface area contributed by atoms with Gasteiger partial charge in [0.1, 0.15) is 0 Å². The van der Waals surface area contributed by atoms with Crippen LogP contribution in [0.5, 0.6) is 0 Å². The van der Waals surface area contributed by atoms with E-state index in [1.165, 1.54) is 16.0 Å². The van der Waals surface area contributed by atoms with Crippen molar-refractivity contribution < 1.29 is 9.59 Å². The van der Waals surface area contributed by atoms with Crippen molar-refractivity contribution in [2.24, 2.45) is 0 Å². The van der Waals surface area contributed by atoms with Gasteiger partial charge >= 0.3 is 0 Å². The summed E-state index contributed by atoms with van der Waals surface area (Å²) in [5.41, 5.74) is 5.55. The van der Waals surface area contributed by atoms with Gasteiger partial charge in [-0.1, -0.05) is 11.6 Å². The quantitative estimate of drug-likeness (QED) is 0.516. The van der Waals surface area contributed by atoms with Gasteiger partial charge in [0, 0.05) is 66.2 Å². The number of halogens is 1. The first-order chi connectivity index (χ1) is 16.3. The largest absolute Gasteiger partial charge is 0.314 e. The molecule has 0 bridgehead atoms. The number of amides is 2. The van der Waals surface area contributed by atoms with E-state index in [1.807, 2.05) is 24.4 Å². The summed E-state index contributed by atoms with van der Waals surface area (Å²) < 4.78 is 1.06. The van der Waals surface area contributed by atoms with E-state index in [4.69, 9.17) is 11.6 Å². The molecule has 1 aromatic carbocycles. The molecule has 2 saturated heterocycles. The lowest BCUT2D eigenvalue weighted by Crippen LogP contribution is -2.54. The van der Waals surface area contributed by atoms with E-state index in [1.54, 1.807) is 11.3 Å². The number of aromatic nitrogens is 1. The first-order valence-electron chi connectivity index (χ1n) is 11.8. The van der Waals surface area contributed by atoms with Gasteiger partial charge in [0.2, 0.25) is 11.8 Å². The highest BCUT2D eigenvalue weighted by Gasteiger charge is 2.30. The number of hydrogen-bond acceptors (Lipinski definition) is 6. The van der Waals surface area contributed by atoms with Crippen molar-refractivity contribution in [1.82, 2.24) is 20.1 Å². The van der Waals surface area contributed by atoms with Crippen LogP contribution >= 0.6 is 22.9 Å². The fraction of sp³-hybridized carbons (Fsp3) is 0.423. The van der Waals surface area contributed by atoms with Gasteiger partial charge in [-0.15, -0.1) is 11.3 Å². The van der Waals surface area contributed by atoms with Crippen LogP contribution in [-0.4, -0.2) is 51.8 Å². The highest BCUT2D eigenvalue weighted by Crippen LogP contribution is 2.39. The van der Waals surface area contributed by atoms with E-state index in [0.717, 1.165) is 45.9 Å². The monoisotopic (exact) mass is 496 g/mol. The van der Waals surface area contributed by atoms with Crippen molar-refractivity contribution in [3.8, 4) is 11.1 Å². The zero-order chi connectivity index (χ0) is 24.0. The maximum Gasteiger partial charge on any atom is 0.230 e. The lowest BCUT2D eigenvalue weighted by molar-refractivity contribution is -0.138. The Labute approximate surface area is 208 Å². The molecule has 178 valence electrons. The van der Waals surface area contributed by atoms with Gasteiger partial charge in [0.25, 0.3) is 0 Å². The molecule has 2 aliphatic heterocycles. The Morgan fingerprint density at radius 3 is 2.47 bits per heavy atom. The molecule has 2 unspecified atom stereocenters. The number of nitrogens with zero attached hydrogens (tertiary/aromatic N) is 3. The molecular formula is C26H29ClN4O2S. The Kier molecular flexibility index (Phi) is 6.46. The second kappa shape index (κ2) is 9.38. The normalized spacial score (nSPS) is 21.7. The molecule has 0 saturated carbocycles. The van der Waals surface area contributed by atoms with Crippen LogP contribution in [0.25, 0.3) is 21.3 Å². The number of carbonyl (C=O) groups excluding carboxylic acids is 2. The third kappa shape index (κ3) is 4.38. The zero-order valence-electron chi connectivity index (χ0n) is 19.7. The van der Waals surface area contributed by atoms with Crippen LogP contribution in [0.15, 0.2) is 30.5 Å². The fourth-order valence-corrected chi connectivity index (χ4v) is 6.52. The molecular weight excluding hydrogens is 468 g/mol. The van der Waals surface area contributed by atoms with Crippen LogP contribution in [0.1, 0.15) is 42.7 Å². The molecule has 2 aromatic heterocycles. The van der Waals surface area contributed by atoms with Crippen LogP contribution in [0.3, 0.4) is 0 Å². The minimum absolute atomic E-state index is 0.0948. The van der Waals surface area contributed by atoms with Crippen LogP contribution in [0.2, 0.25) is 5.02 Å². The zero-order valence-corrected chi connectivity index (χ0v) is 21.3. The molecule has 1 N–H and O–H groups in total. The number of likely N-dealkylation sites (tertiary alicyclic amines) is 1. The number of thiophene rings is 1. The SMILES string of the molecule is Cc1cc(Cl)cc(-c2ccnc3cc(CN4C(=O)CCC4=O)sc23)c1CN1C(C)CNCC1C. The van der Waals surface area contributed by atoms with Crippen molar-refractivity contribution in [2.45, 2.75) is 58.8 Å². The van der Waals surface area contributed by atoms with Gasteiger partial charge in [-0.05, 0) is 61.7 Å². The minimum Gasteiger partial charge on any atom is -0.314 e. The summed E-state index contributed by atoms with van der Waals surface area (Å²) in [6, 6.07) is 9.03. The molecule has 0 aliphatic carbocycles. The summed E-state index contributed by atoms with van der Waals surface area (Å²) >= 11 is 8.16. The molecule has 2 atom stereocenters. The number of rotatable bonds is 5. The number of imide groups is 1. The molecule has 34 heavy (non-hydrogen) atoms. The Balaban J connectivity index is 1.56. The van der Waals surface area contributed by atoms with E-state index < -0.39 is 0 Å². The molecule has 8 heteroatoms. The van der Waals surface area contributed by atoms with Crippen LogP contribution < -0.4 is 5.32 Å². The van der Waals surface area contributed by atoms with Gasteiger partial charge in [0.05, 0.1) is 16.8 Å². The third-order valence-corrected chi connectivity index (χ3v) is 8.37. The Morgan fingerprint density at radius 2 is 1.76 bits per heavy atom. The number of carbonyl (C=O) groups is 2. The van der Waals surface area contributed by atoms with Crippen molar-refractivity contribution in [3.63, 3.8) is 0 Å². The molecule has 2 aliphatic rings. The van der Waals surface area contributed by atoms with Gasteiger partial charge in [-0.3, -0.25) is 24.4 Å². The molecule has 0 radical (unpaired) electrons. The van der Waals surface area contributed by atoms with Crippen LogP contribution in [0.4, 0.5) is 0 Å². The second-order valence-corrected chi connectivity index (χ2v) is 11.0. The summed E-state index contributed by atoms with van der Waals surface area (Å²) in [4.78, 5) is 33.7. The van der Waals surface area contributed by atoms with Crippen molar-refractivity contribution in [2.75, 3.05) is 13.1 Å². The molecule has 6 nitrogen and oxygen atoms in total. The molecule has 5 rings (SSSR count). The summed E-state index contributed by atoms with van der Waals surface area (Å²) in [5.74, 6) is -0.190. The number of fused-ring (bicyclic) bond motifs is 1. The topological polar surface area (TPSA) is 65.5 Å². The fourth-order valence-electron chi connectivity index (χ4n) is 5.12. The van der Waals surface area contributed by atoms with E-state index in [2.05, 4.69) is 42.0 Å². The highest BCUT2D eigenvalue weighted by molar-refractivity contribution is 7.19. The predicted octanol–water partition coefficient (Wildman–Crippen LogP) is 4.76. The first-order valence-corrected chi connectivity index (χ1v) is 13.0. The van der Waals surface area contributed by atoms with Gasteiger partial charge < -0.3 is 5.32 Å². The lowest BCUT2D eigenvalue weighted by Gasteiger charge is -2.40. The summed E-state index contributed by atoms with van der Waals surface area (Å²) in [7, 11) is 0. The summed E-state index contributed by atoms with van der Waals surface area (Å²) in [6.45, 7) is 9.79. The molecule has 2 fully saturated rings. The molecule has 4 heterocycles. The maximum absolute atomic E-state index is 12.1. The van der Waals surface area contributed by atoms with Crippen molar-refractivity contribution >= 4 is 45.0 Å². The minimum atomic E-state index is -0.0948. The number of aryl methyl sites for hydroxylation is 1. The number of piperazine rings is 1. The average molecular weight is 497 g/mol. The smallest absolute Gasteiger partial charge is 0.230 e. The Hall–Kier alpha value is -2.32. The van der Waals surface area contributed by atoms with Gasteiger partial charge in [-0.2, -0.15) is 0 Å². The van der Waals surface area contributed by atoms with E-state index in [0.29, 0.717) is 36.5 Å². The van der Waals surface area contributed by atoms with Crippen molar-refractivity contribution in [1.29, 1.82) is 0 Å². The Morgan fingerprint density at radius 1 is 1.06 bits per heavy atom. The third-order valence-electron chi connectivity index (χ3n) is 7.01. The first kappa shape index (κ1) is 23.4. The number of nitrogens with one attached hydrogen (secondary N) is 1. The average Bonchev–Trinajstić information content (AvgIpc) is 3.35. The summed E-state index contributed by atoms with van der Waals surface area (Å²) in [5, 5.41) is 4.23. The molecule has 3 aromatic rings. The highest BCUT2D eigenvalue weighted by atomic mass is 35.5. The Bertz CT molecular complexity index is 1250. The predicted molar refractivity (Wildman–Crippen MR) is 137 cm³/mol. The van der Waals surface area contributed by atoms with Crippen molar-refractivity contribution in [3.05, 3.63) is 51.5 Å². The van der Waals surface area contributed by atoms with E-state index in [-0.39, 0.29) is 11.8 Å². The van der Waals surface area contributed by atoms with E-state index >= 15 is 0 Å². The summed E-state index contributed by atoms with van der Waals surface area (Å²) in [6.07, 6.45) is 2.44. The van der Waals surface area contributed by atoms with Gasteiger partial charge in [0.15, 0.2) is 0 Å². The molecule has 2 amide bonds. The maximum atomic E-state index is 12.1. The lowest BCUT2D eigenvalue weighted by atomic mass is 9.94. The number of pyridine rings is 1. The molecule has 0 spiro atoms.